The minimum absolute atomic E-state index is 1.13. The molecule has 0 saturated heterocycles. The quantitative estimate of drug-likeness (QED) is 0.625. The predicted octanol–water partition coefficient (Wildman–Crippen LogP) is 0.690. The minimum Gasteiger partial charge on any atom is -0.393 e. The van der Waals surface area contributed by atoms with Gasteiger partial charge in [-0.05, 0) is 6.92 Å². The number of rotatable bonds is 4. The second-order valence-corrected chi connectivity index (χ2v) is 2.33. The van der Waals surface area contributed by atoms with Gasteiger partial charge in [0, 0.05) is 45.4 Å². The fourth-order valence-corrected chi connectivity index (χ4v) is 0.605. The number of allylic oxidation sites excluding steroid dienone is 1. The standard InChI is InChI=1S/C8H17N3/c1-8(10-3)7-11(4)6-5-9-2/h5-7,9-10H,1-4H3/b6-5-,8-7-. The van der Waals surface area contributed by atoms with Crippen LogP contribution in [0.1, 0.15) is 6.92 Å². The first-order chi connectivity index (χ1) is 5.20. The maximum Gasteiger partial charge on any atom is 0.0237 e. The molecule has 0 rings (SSSR count). The molecule has 0 radical (unpaired) electrons. The lowest BCUT2D eigenvalue weighted by atomic mass is 10.5. The fraction of sp³-hybridized carbons (Fsp3) is 0.500. The zero-order chi connectivity index (χ0) is 8.69. The first-order valence-corrected chi connectivity index (χ1v) is 3.62. The molecule has 0 saturated carbocycles. The second kappa shape index (κ2) is 5.65. The molecule has 0 heterocycles. The molecule has 0 spiro atoms. The van der Waals surface area contributed by atoms with E-state index in [1.165, 1.54) is 0 Å². The summed E-state index contributed by atoms with van der Waals surface area (Å²) in [7, 11) is 5.76. The predicted molar refractivity (Wildman–Crippen MR) is 48.8 cm³/mol. The van der Waals surface area contributed by atoms with Gasteiger partial charge in [0.15, 0.2) is 0 Å². The number of hydrogen-bond acceptors (Lipinski definition) is 3. The van der Waals surface area contributed by atoms with Crippen molar-refractivity contribution in [3.05, 3.63) is 24.3 Å². The Morgan fingerprint density at radius 2 is 2.00 bits per heavy atom. The maximum absolute atomic E-state index is 3.04. The lowest BCUT2D eigenvalue weighted by Gasteiger charge is -2.09. The van der Waals surface area contributed by atoms with Crippen LogP contribution in [0.2, 0.25) is 0 Å². The lowest BCUT2D eigenvalue weighted by Crippen LogP contribution is -2.09. The topological polar surface area (TPSA) is 27.3 Å². The highest BCUT2D eigenvalue weighted by Gasteiger charge is 1.84. The number of nitrogens with zero attached hydrogens (tertiary/aromatic N) is 1. The molecule has 3 heteroatoms. The Morgan fingerprint density at radius 3 is 2.45 bits per heavy atom. The molecule has 0 bridgehead atoms. The third-order valence-corrected chi connectivity index (χ3v) is 1.27. The van der Waals surface area contributed by atoms with Crippen molar-refractivity contribution in [2.45, 2.75) is 6.92 Å². The van der Waals surface area contributed by atoms with Crippen LogP contribution >= 0.6 is 0 Å². The van der Waals surface area contributed by atoms with Crippen LogP contribution in [-0.2, 0) is 0 Å². The summed E-state index contributed by atoms with van der Waals surface area (Å²) in [5.41, 5.74) is 1.13. The number of nitrogens with one attached hydrogen (secondary N) is 2. The lowest BCUT2D eigenvalue weighted by molar-refractivity contribution is 0.608. The van der Waals surface area contributed by atoms with E-state index in [0.717, 1.165) is 5.70 Å². The van der Waals surface area contributed by atoms with Gasteiger partial charge in [-0.3, -0.25) is 0 Å². The van der Waals surface area contributed by atoms with E-state index in [4.69, 9.17) is 0 Å². The molecule has 0 aromatic heterocycles. The normalized spacial score (nSPS) is 11.8. The van der Waals surface area contributed by atoms with Gasteiger partial charge in [0.2, 0.25) is 0 Å². The summed E-state index contributed by atoms with van der Waals surface area (Å²) in [5, 5.41) is 5.96. The first-order valence-electron chi connectivity index (χ1n) is 3.62. The molecule has 0 aliphatic heterocycles. The second-order valence-electron chi connectivity index (χ2n) is 2.33. The van der Waals surface area contributed by atoms with Gasteiger partial charge in [0.05, 0.1) is 0 Å². The van der Waals surface area contributed by atoms with Crippen LogP contribution in [-0.4, -0.2) is 26.0 Å². The molecule has 64 valence electrons. The smallest absolute Gasteiger partial charge is 0.0237 e. The average Bonchev–Trinajstić information content (AvgIpc) is 2.00. The van der Waals surface area contributed by atoms with E-state index in [1.807, 2.05) is 51.6 Å². The molecular weight excluding hydrogens is 138 g/mol. The molecule has 0 amide bonds. The summed E-state index contributed by atoms with van der Waals surface area (Å²) in [5.74, 6) is 0. The van der Waals surface area contributed by atoms with Crippen molar-refractivity contribution >= 4 is 0 Å². The van der Waals surface area contributed by atoms with Crippen molar-refractivity contribution in [1.29, 1.82) is 0 Å². The third-order valence-electron chi connectivity index (χ3n) is 1.27. The largest absolute Gasteiger partial charge is 0.393 e. The van der Waals surface area contributed by atoms with E-state index in [2.05, 4.69) is 10.6 Å². The summed E-state index contributed by atoms with van der Waals surface area (Å²) in [6.45, 7) is 2.02. The molecule has 2 N–H and O–H groups in total. The summed E-state index contributed by atoms with van der Waals surface area (Å²) in [4.78, 5) is 1.97. The molecule has 0 unspecified atom stereocenters. The maximum atomic E-state index is 3.04. The van der Waals surface area contributed by atoms with Crippen molar-refractivity contribution < 1.29 is 0 Å². The van der Waals surface area contributed by atoms with E-state index in [1.54, 1.807) is 0 Å². The Balaban J connectivity index is 3.84. The van der Waals surface area contributed by atoms with Crippen molar-refractivity contribution in [1.82, 2.24) is 15.5 Å². The van der Waals surface area contributed by atoms with Crippen molar-refractivity contribution in [2.75, 3.05) is 21.1 Å². The van der Waals surface area contributed by atoms with Crippen molar-refractivity contribution in [2.24, 2.45) is 0 Å². The van der Waals surface area contributed by atoms with E-state index in [-0.39, 0.29) is 0 Å². The Bertz CT molecular complexity index is 149. The van der Waals surface area contributed by atoms with Gasteiger partial charge in [0.25, 0.3) is 0 Å². The van der Waals surface area contributed by atoms with Crippen molar-refractivity contribution in [3.8, 4) is 0 Å². The van der Waals surface area contributed by atoms with Crippen LogP contribution in [0, 0.1) is 0 Å². The van der Waals surface area contributed by atoms with E-state index in [0.29, 0.717) is 0 Å². The van der Waals surface area contributed by atoms with Gasteiger partial charge >= 0.3 is 0 Å². The highest BCUT2D eigenvalue weighted by atomic mass is 15.1. The molecule has 3 nitrogen and oxygen atoms in total. The van der Waals surface area contributed by atoms with Crippen LogP contribution in [0.25, 0.3) is 0 Å². The molecular formula is C8H17N3. The molecule has 0 fully saturated rings. The third kappa shape index (κ3) is 5.33. The van der Waals surface area contributed by atoms with Crippen LogP contribution in [0.4, 0.5) is 0 Å². The van der Waals surface area contributed by atoms with E-state index < -0.39 is 0 Å². The Morgan fingerprint density at radius 1 is 1.36 bits per heavy atom. The SMILES string of the molecule is CN/C=C\N(C)/C=C(/C)NC. The zero-order valence-electron chi connectivity index (χ0n) is 7.68. The van der Waals surface area contributed by atoms with Crippen LogP contribution in [0.5, 0.6) is 0 Å². The highest BCUT2D eigenvalue weighted by molar-refractivity contribution is 4.96. The van der Waals surface area contributed by atoms with Gasteiger partial charge in [-0.25, -0.2) is 0 Å². The van der Waals surface area contributed by atoms with Gasteiger partial charge in [-0.2, -0.15) is 0 Å². The average molecular weight is 155 g/mol. The molecule has 11 heavy (non-hydrogen) atoms. The van der Waals surface area contributed by atoms with Gasteiger partial charge < -0.3 is 15.5 Å². The summed E-state index contributed by atoms with van der Waals surface area (Å²) in [6, 6.07) is 0. The Hall–Kier alpha value is -1.12. The van der Waals surface area contributed by atoms with Crippen LogP contribution in [0.15, 0.2) is 24.3 Å². The summed E-state index contributed by atoms with van der Waals surface area (Å²) >= 11 is 0. The van der Waals surface area contributed by atoms with E-state index >= 15 is 0 Å². The first kappa shape index (κ1) is 9.88. The van der Waals surface area contributed by atoms with Crippen LogP contribution in [0.3, 0.4) is 0 Å². The van der Waals surface area contributed by atoms with Crippen LogP contribution < -0.4 is 10.6 Å². The van der Waals surface area contributed by atoms with Gasteiger partial charge in [0.1, 0.15) is 0 Å². The Labute approximate surface area is 68.8 Å². The highest BCUT2D eigenvalue weighted by Crippen LogP contribution is 1.90. The molecule has 0 aliphatic rings. The summed E-state index contributed by atoms with van der Waals surface area (Å²) < 4.78 is 0. The molecule has 0 aromatic carbocycles. The van der Waals surface area contributed by atoms with Gasteiger partial charge in [-0.15, -0.1) is 0 Å². The fourth-order valence-electron chi connectivity index (χ4n) is 0.605. The van der Waals surface area contributed by atoms with E-state index in [9.17, 15) is 0 Å². The summed E-state index contributed by atoms with van der Waals surface area (Å²) in [6.07, 6.45) is 5.83. The monoisotopic (exact) mass is 155 g/mol. The van der Waals surface area contributed by atoms with Gasteiger partial charge in [-0.1, -0.05) is 0 Å². The molecule has 0 aliphatic carbocycles. The number of hydrogen-bond donors (Lipinski definition) is 2. The minimum atomic E-state index is 1.13. The Kier molecular flexibility index (Phi) is 5.07. The van der Waals surface area contributed by atoms with Crippen molar-refractivity contribution in [3.63, 3.8) is 0 Å². The zero-order valence-corrected chi connectivity index (χ0v) is 7.68. The molecule has 0 aromatic rings. The molecule has 0 atom stereocenters.